The molecule has 1 aromatic carbocycles. The Balaban J connectivity index is 1.82. The Bertz CT molecular complexity index is 565. The second kappa shape index (κ2) is 8.74. The zero-order valence-electron chi connectivity index (χ0n) is 13.1. The van der Waals surface area contributed by atoms with Gasteiger partial charge in [-0.05, 0) is 25.5 Å². The van der Waals surface area contributed by atoms with Gasteiger partial charge in [-0.3, -0.25) is 9.59 Å². The van der Waals surface area contributed by atoms with E-state index in [2.05, 4.69) is 10.6 Å². The maximum Gasteiger partial charge on any atom is 0.231 e. The molecule has 23 heavy (non-hydrogen) atoms. The molecule has 0 aromatic heterocycles. The van der Waals surface area contributed by atoms with E-state index in [1.54, 1.807) is 18.2 Å². The Hall–Kier alpha value is -1.79. The Morgan fingerprint density at radius 1 is 1.52 bits per heavy atom. The highest BCUT2D eigenvalue weighted by Crippen LogP contribution is 2.31. The molecular weight excluding hydrogens is 320 g/mol. The number of carbonyl (C=O) groups is 2. The van der Waals surface area contributed by atoms with Crippen LogP contribution in [-0.2, 0) is 14.3 Å². The smallest absolute Gasteiger partial charge is 0.231 e. The molecular formula is C16H21ClN2O4. The Morgan fingerprint density at radius 2 is 2.35 bits per heavy atom. The van der Waals surface area contributed by atoms with Gasteiger partial charge in [-0.15, -0.1) is 0 Å². The molecule has 0 spiro atoms. The summed E-state index contributed by atoms with van der Waals surface area (Å²) in [7, 11) is 0. The minimum absolute atomic E-state index is 0.0855. The van der Waals surface area contributed by atoms with Crippen molar-refractivity contribution in [2.75, 3.05) is 31.7 Å². The lowest BCUT2D eigenvalue weighted by atomic mass is 10.1. The molecule has 2 rings (SSSR count). The summed E-state index contributed by atoms with van der Waals surface area (Å²) in [6.07, 6.45) is 0.832. The highest BCUT2D eigenvalue weighted by Gasteiger charge is 2.27. The Kier molecular flexibility index (Phi) is 6.67. The van der Waals surface area contributed by atoms with E-state index in [1.807, 2.05) is 6.92 Å². The average molecular weight is 341 g/mol. The summed E-state index contributed by atoms with van der Waals surface area (Å²) < 4.78 is 10.8. The third-order valence-corrected chi connectivity index (χ3v) is 3.67. The van der Waals surface area contributed by atoms with Crippen LogP contribution in [0.3, 0.4) is 0 Å². The molecule has 0 aliphatic carbocycles. The van der Waals surface area contributed by atoms with Crippen molar-refractivity contribution in [3.63, 3.8) is 0 Å². The molecule has 6 nitrogen and oxygen atoms in total. The zero-order valence-corrected chi connectivity index (χ0v) is 13.8. The summed E-state index contributed by atoms with van der Waals surface area (Å²) in [5, 5.41) is 6.08. The number of rotatable bonds is 7. The van der Waals surface area contributed by atoms with Crippen LogP contribution in [0.2, 0.25) is 5.02 Å². The van der Waals surface area contributed by atoms with Crippen LogP contribution in [0, 0.1) is 5.92 Å². The first kappa shape index (κ1) is 17.6. The zero-order chi connectivity index (χ0) is 16.7. The van der Waals surface area contributed by atoms with Crippen molar-refractivity contribution >= 4 is 29.1 Å². The molecule has 1 aliphatic heterocycles. The van der Waals surface area contributed by atoms with Gasteiger partial charge in [-0.1, -0.05) is 11.6 Å². The fourth-order valence-electron chi connectivity index (χ4n) is 2.21. The number of hydrogen-bond acceptors (Lipinski definition) is 4. The van der Waals surface area contributed by atoms with Crippen LogP contribution < -0.4 is 15.4 Å². The van der Waals surface area contributed by atoms with Crippen LogP contribution >= 0.6 is 11.6 Å². The topological polar surface area (TPSA) is 76.7 Å². The molecule has 1 aliphatic rings. The number of ether oxygens (including phenoxy) is 2. The number of amides is 2. The fraction of sp³-hybridized carbons (Fsp3) is 0.500. The first-order valence-corrected chi connectivity index (χ1v) is 8.05. The van der Waals surface area contributed by atoms with Crippen LogP contribution in [0.1, 0.15) is 19.8 Å². The molecule has 2 N–H and O–H groups in total. The summed E-state index contributed by atoms with van der Waals surface area (Å²) in [6, 6.07) is 5.01. The third kappa shape index (κ3) is 5.41. The van der Waals surface area contributed by atoms with Crippen molar-refractivity contribution in [1.29, 1.82) is 0 Å². The lowest BCUT2D eigenvalue weighted by Crippen LogP contribution is -2.33. The number of hydrogen-bond donors (Lipinski definition) is 2. The Labute approximate surface area is 140 Å². The predicted octanol–water partition coefficient (Wildman–Crippen LogP) is 2.22. The molecule has 0 fully saturated rings. The van der Waals surface area contributed by atoms with Gasteiger partial charge in [0.2, 0.25) is 11.8 Å². The second-order valence-corrected chi connectivity index (χ2v) is 5.68. The van der Waals surface area contributed by atoms with Crippen molar-refractivity contribution in [3.05, 3.63) is 23.2 Å². The molecule has 2 amide bonds. The molecule has 0 radical (unpaired) electrons. The highest BCUT2D eigenvalue weighted by atomic mass is 35.5. The number of benzene rings is 1. The van der Waals surface area contributed by atoms with Gasteiger partial charge < -0.3 is 20.1 Å². The predicted molar refractivity (Wildman–Crippen MR) is 87.8 cm³/mol. The van der Waals surface area contributed by atoms with Crippen LogP contribution in [0.15, 0.2) is 18.2 Å². The maximum absolute atomic E-state index is 12.2. The Morgan fingerprint density at radius 3 is 3.13 bits per heavy atom. The van der Waals surface area contributed by atoms with E-state index in [-0.39, 0.29) is 24.8 Å². The van der Waals surface area contributed by atoms with Gasteiger partial charge in [0.15, 0.2) is 0 Å². The van der Waals surface area contributed by atoms with Crippen molar-refractivity contribution in [3.8, 4) is 5.75 Å². The normalized spacial score (nSPS) is 16.8. The van der Waals surface area contributed by atoms with Gasteiger partial charge in [0, 0.05) is 37.3 Å². The fourth-order valence-corrected chi connectivity index (χ4v) is 2.38. The number of fused-ring (bicyclic) bond motifs is 1. The summed E-state index contributed by atoms with van der Waals surface area (Å²) >= 11 is 5.91. The van der Waals surface area contributed by atoms with Crippen molar-refractivity contribution in [1.82, 2.24) is 5.32 Å². The average Bonchev–Trinajstić information content (AvgIpc) is 2.67. The van der Waals surface area contributed by atoms with Gasteiger partial charge in [-0.25, -0.2) is 0 Å². The number of nitrogens with one attached hydrogen (secondary N) is 2. The standard InChI is InChI=1S/C16H21ClN2O4/c1-2-22-7-3-6-18-15(20)8-11-10-23-14-9-12(17)4-5-13(14)19-16(11)21/h4-5,9,11H,2-3,6-8,10H2,1H3,(H,18,20)(H,19,21). The molecule has 126 valence electrons. The van der Waals surface area contributed by atoms with Crippen LogP contribution in [0.5, 0.6) is 5.75 Å². The summed E-state index contributed by atoms with van der Waals surface area (Å²) in [6.45, 7) is 3.88. The van der Waals surface area contributed by atoms with Crippen LogP contribution in [0.4, 0.5) is 5.69 Å². The lowest BCUT2D eigenvalue weighted by molar-refractivity contribution is -0.128. The molecule has 0 bridgehead atoms. The van der Waals surface area contributed by atoms with Gasteiger partial charge in [0.05, 0.1) is 11.6 Å². The lowest BCUT2D eigenvalue weighted by Gasteiger charge is -2.12. The number of anilines is 1. The first-order chi connectivity index (χ1) is 11.1. The third-order valence-electron chi connectivity index (χ3n) is 3.44. The molecule has 0 saturated heterocycles. The van der Waals surface area contributed by atoms with E-state index >= 15 is 0 Å². The minimum atomic E-state index is -0.534. The number of halogens is 1. The summed E-state index contributed by atoms with van der Waals surface area (Å²) in [5.74, 6) is -0.414. The monoisotopic (exact) mass is 340 g/mol. The van der Waals surface area contributed by atoms with Gasteiger partial charge in [0.1, 0.15) is 12.4 Å². The molecule has 1 aromatic rings. The van der Waals surface area contributed by atoms with Crippen LogP contribution in [0.25, 0.3) is 0 Å². The van der Waals surface area contributed by atoms with Crippen molar-refractivity contribution in [2.24, 2.45) is 5.92 Å². The summed E-state index contributed by atoms with van der Waals surface area (Å²) in [5.41, 5.74) is 0.569. The highest BCUT2D eigenvalue weighted by molar-refractivity contribution is 6.30. The van der Waals surface area contributed by atoms with Crippen molar-refractivity contribution in [2.45, 2.75) is 19.8 Å². The maximum atomic E-state index is 12.2. The largest absolute Gasteiger partial charge is 0.491 e. The SMILES string of the molecule is CCOCCCNC(=O)CC1COc2cc(Cl)ccc2NC1=O. The van der Waals surface area contributed by atoms with Crippen LogP contribution in [-0.4, -0.2) is 38.2 Å². The van der Waals surface area contributed by atoms with Gasteiger partial charge >= 0.3 is 0 Å². The molecule has 1 atom stereocenters. The van der Waals surface area contributed by atoms with Gasteiger partial charge in [0.25, 0.3) is 0 Å². The molecule has 1 heterocycles. The minimum Gasteiger partial charge on any atom is -0.491 e. The number of carbonyl (C=O) groups excluding carboxylic acids is 2. The van der Waals surface area contributed by atoms with Gasteiger partial charge in [-0.2, -0.15) is 0 Å². The summed E-state index contributed by atoms with van der Waals surface area (Å²) in [4.78, 5) is 24.1. The van der Waals surface area contributed by atoms with E-state index < -0.39 is 5.92 Å². The molecule has 1 unspecified atom stereocenters. The van der Waals surface area contributed by atoms with E-state index in [9.17, 15) is 9.59 Å². The second-order valence-electron chi connectivity index (χ2n) is 5.24. The van der Waals surface area contributed by atoms with E-state index in [1.165, 1.54) is 0 Å². The quantitative estimate of drug-likeness (QED) is 0.746. The van der Waals surface area contributed by atoms with E-state index in [4.69, 9.17) is 21.1 Å². The first-order valence-electron chi connectivity index (χ1n) is 7.67. The molecule has 7 heteroatoms. The van der Waals surface area contributed by atoms with E-state index in [0.717, 1.165) is 6.42 Å². The van der Waals surface area contributed by atoms with E-state index in [0.29, 0.717) is 36.2 Å². The molecule has 0 saturated carbocycles. The van der Waals surface area contributed by atoms with Crippen molar-refractivity contribution < 1.29 is 19.1 Å².